The van der Waals surface area contributed by atoms with Gasteiger partial charge in [-0.2, -0.15) is 0 Å². The highest BCUT2D eigenvalue weighted by Gasteiger charge is 2.33. The van der Waals surface area contributed by atoms with E-state index in [1.807, 2.05) is 0 Å². The lowest BCUT2D eigenvalue weighted by Gasteiger charge is -2.28. The van der Waals surface area contributed by atoms with E-state index >= 15 is 0 Å². The first-order chi connectivity index (χ1) is 9.14. The maximum atomic E-state index is 12.6. The molecule has 0 aromatic rings. The zero-order valence-electron chi connectivity index (χ0n) is 11.6. The zero-order valence-corrected chi connectivity index (χ0v) is 12.4. The quantitative estimate of drug-likeness (QED) is 0.826. The maximum absolute atomic E-state index is 12.6. The van der Waals surface area contributed by atoms with Crippen LogP contribution in [0.3, 0.4) is 0 Å². The lowest BCUT2D eigenvalue weighted by molar-refractivity contribution is 0.202. The van der Waals surface area contributed by atoms with Crippen LogP contribution < -0.4 is 0 Å². The smallest absolute Gasteiger partial charge is 0.217 e. The van der Waals surface area contributed by atoms with Crippen LogP contribution in [0.15, 0.2) is 0 Å². The number of sulfonamides is 1. The van der Waals surface area contributed by atoms with E-state index in [2.05, 4.69) is 4.90 Å². The molecule has 5 nitrogen and oxygen atoms in total. The van der Waals surface area contributed by atoms with Gasteiger partial charge >= 0.3 is 0 Å². The molecule has 1 saturated carbocycles. The third kappa shape index (κ3) is 3.90. The second-order valence-corrected chi connectivity index (χ2v) is 7.84. The average molecular weight is 290 g/mol. The fourth-order valence-corrected chi connectivity index (χ4v) is 5.21. The monoisotopic (exact) mass is 290 g/mol. The van der Waals surface area contributed by atoms with Gasteiger partial charge in [0.2, 0.25) is 10.0 Å². The van der Waals surface area contributed by atoms with E-state index in [0.29, 0.717) is 19.6 Å². The molecule has 0 unspecified atom stereocenters. The number of rotatable bonds is 4. The van der Waals surface area contributed by atoms with Crippen LogP contribution in [0.5, 0.6) is 0 Å². The van der Waals surface area contributed by atoms with Crippen molar-refractivity contribution in [2.24, 2.45) is 0 Å². The summed E-state index contributed by atoms with van der Waals surface area (Å²) in [6.07, 6.45) is 5.81. The van der Waals surface area contributed by atoms with Gasteiger partial charge in [0.25, 0.3) is 0 Å². The van der Waals surface area contributed by atoms with Crippen LogP contribution in [0.25, 0.3) is 0 Å². The highest BCUT2D eigenvalue weighted by atomic mass is 32.2. The third-order valence-electron chi connectivity index (χ3n) is 4.30. The summed E-state index contributed by atoms with van der Waals surface area (Å²) >= 11 is 0. The Morgan fingerprint density at radius 2 is 1.68 bits per heavy atom. The van der Waals surface area contributed by atoms with Gasteiger partial charge in [-0.1, -0.05) is 19.3 Å². The number of hydrogen-bond acceptors (Lipinski definition) is 4. The van der Waals surface area contributed by atoms with Gasteiger partial charge in [0.15, 0.2) is 0 Å². The van der Waals surface area contributed by atoms with Crippen LogP contribution >= 0.6 is 0 Å². The van der Waals surface area contributed by atoms with Crippen LogP contribution in [-0.4, -0.2) is 67.3 Å². The first-order valence-electron chi connectivity index (χ1n) is 7.47. The molecular weight excluding hydrogens is 264 g/mol. The van der Waals surface area contributed by atoms with E-state index in [-0.39, 0.29) is 11.9 Å². The Hall–Kier alpha value is -0.170. The number of nitrogens with zero attached hydrogens (tertiary/aromatic N) is 2. The first kappa shape index (κ1) is 15.2. The van der Waals surface area contributed by atoms with Crippen molar-refractivity contribution in [1.82, 2.24) is 9.21 Å². The fraction of sp³-hybridized carbons (Fsp3) is 1.00. The Morgan fingerprint density at radius 1 is 0.947 bits per heavy atom. The maximum Gasteiger partial charge on any atom is 0.217 e. The molecule has 2 rings (SSSR count). The molecule has 2 fully saturated rings. The van der Waals surface area contributed by atoms with Crippen molar-refractivity contribution in [2.45, 2.75) is 43.8 Å². The van der Waals surface area contributed by atoms with Gasteiger partial charge in [-0.3, -0.25) is 4.90 Å². The molecule has 0 amide bonds. The molecule has 1 aliphatic carbocycles. The van der Waals surface area contributed by atoms with Gasteiger partial charge in [0.1, 0.15) is 0 Å². The van der Waals surface area contributed by atoms with E-state index in [1.54, 1.807) is 4.31 Å². The predicted octanol–water partition coefficient (Wildman–Crippen LogP) is 0.649. The topological polar surface area (TPSA) is 60.9 Å². The van der Waals surface area contributed by atoms with Gasteiger partial charge in [0, 0.05) is 26.2 Å². The van der Waals surface area contributed by atoms with Crippen molar-refractivity contribution in [3.8, 4) is 0 Å². The van der Waals surface area contributed by atoms with Crippen LogP contribution in [0.4, 0.5) is 0 Å². The van der Waals surface area contributed by atoms with Crippen LogP contribution in [0.1, 0.15) is 38.5 Å². The summed E-state index contributed by atoms with van der Waals surface area (Å²) in [5.74, 6) is 0. The van der Waals surface area contributed by atoms with Crippen molar-refractivity contribution >= 4 is 10.0 Å². The SMILES string of the molecule is O=S(=O)(C1CCCCC1)N1CCCN(CCO)CC1. The Bertz CT molecular complexity index is 366. The van der Waals surface area contributed by atoms with Crippen molar-refractivity contribution < 1.29 is 13.5 Å². The van der Waals surface area contributed by atoms with Crippen LogP contribution in [0.2, 0.25) is 0 Å². The predicted molar refractivity (Wildman–Crippen MR) is 75.5 cm³/mol. The highest BCUT2D eigenvalue weighted by Crippen LogP contribution is 2.26. The second kappa shape index (κ2) is 7.02. The van der Waals surface area contributed by atoms with E-state index in [0.717, 1.165) is 45.2 Å². The molecule has 0 aromatic carbocycles. The molecule has 0 radical (unpaired) electrons. The zero-order chi connectivity index (χ0) is 13.7. The molecule has 0 bridgehead atoms. The van der Waals surface area contributed by atoms with Gasteiger partial charge in [0.05, 0.1) is 11.9 Å². The molecule has 19 heavy (non-hydrogen) atoms. The summed E-state index contributed by atoms with van der Waals surface area (Å²) in [7, 11) is -3.10. The molecule has 1 heterocycles. The lowest BCUT2D eigenvalue weighted by atomic mass is 10.0. The molecule has 1 N–H and O–H groups in total. The summed E-state index contributed by atoms with van der Waals surface area (Å²) in [4.78, 5) is 2.15. The molecule has 0 spiro atoms. The average Bonchev–Trinajstić information content (AvgIpc) is 2.66. The van der Waals surface area contributed by atoms with Crippen LogP contribution in [-0.2, 0) is 10.0 Å². The van der Waals surface area contributed by atoms with E-state index < -0.39 is 10.0 Å². The van der Waals surface area contributed by atoms with Crippen molar-refractivity contribution in [2.75, 3.05) is 39.3 Å². The van der Waals surface area contributed by atoms with E-state index in [1.165, 1.54) is 6.42 Å². The molecule has 1 aliphatic heterocycles. The molecule has 2 aliphatic rings. The molecule has 0 atom stereocenters. The molecule has 112 valence electrons. The molecule has 6 heteroatoms. The van der Waals surface area contributed by atoms with Crippen molar-refractivity contribution in [1.29, 1.82) is 0 Å². The Labute approximate surface area is 116 Å². The minimum Gasteiger partial charge on any atom is -0.395 e. The second-order valence-electron chi connectivity index (χ2n) is 5.62. The first-order valence-corrected chi connectivity index (χ1v) is 8.97. The summed E-state index contributed by atoms with van der Waals surface area (Å²) in [5, 5.41) is 8.82. The molecule has 0 aromatic heterocycles. The highest BCUT2D eigenvalue weighted by molar-refractivity contribution is 7.89. The Morgan fingerprint density at radius 3 is 2.37 bits per heavy atom. The van der Waals surface area contributed by atoms with Crippen molar-refractivity contribution in [3.05, 3.63) is 0 Å². The lowest BCUT2D eigenvalue weighted by Crippen LogP contribution is -2.41. The van der Waals surface area contributed by atoms with E-state index in [4.69, 9.17) is 5.11 Å². The molecule has 1 saturated heterocycles. The summed E-state index contributed by atoms with van der Waals surface area (Å²) in [6.45, 7) is 3.65. The molecular formula is C13H26N2O3S. The fourth-order valence-electron chi connectivity index (χ4n) is 3.14. The summed E-state index contributed by atoms with van der Waals surface area (Å²) < 4.78 is 26.9. The normalized spacial score (nSPS) is 25.3. The number of aliphatic hydroxyl groups is 1. The van der Waals surface area contributed by atoms with Crippen molar-refractivity contribution in [3.63, 3.8) is 0 Å². The minimum absolute atomic E-state index is 0.148. The van der Waals surface area contributed by atoms with E-state index in [9.17, 15) is 8.42 Å². The Kier molecular flexibility index (Phi) is 5.62. The summed E-state index contributed by atoms with van der Waals surface area (Å²) in [5.41, 5.74) is 0. The number of β-amino-alcohol motifs (C(OH)–C–C–N with tert-alkyl or cyclic N) is 1. The standard InChI is InChI=1S/C13H26N2O3S/c16-12-11-14-7-4-8-15(10-9-14)19(17,18)13-5-2-1-3-6-13/h13,16H,1-12H2. The number of hydrogen-bond donors (Lipinski definition) is 1. The van der Waals surface area contributed by atoms with Crippen LogP contribution in [0, 0.1) is 0 Å². The van der Waals surface area contributed by atoms with Gasteiger partial charge in [-0.05, 0) is 25.8 Å². The number of aliphatic hydroxyl groups excluding tert-OH is 1. The largest absolute Gasteiger partial charge is 0.395 e. The van der Waals surface area contributed by atoms with Gasteiger partial charge in [-0.25, -0.2) is 12.7 Å². The van der Waals surface area contributed by atoms with Gasteiger partial charge < -0.3 is 5.11 Å². The summed E-state index contributed by atoms with van der Waals surface area (Å²) in [6, 6.07) is 0. The third-order valence-corrected chi connectivity index (χ3v) is 6.70. The Balaban J connectivity index is 1.96. The minimum atomic E-state index is -3.10. The van der Waals surface area contributed by atoms with Gasteiger partial charge in [-0.15, -0.1) is 0 Å².